The lowest BCUT2D eigenvalue weighted by molar-refractivity contribution is -0.210. The van der Waals surface area contributed by atoms with Gasteiger partial charge in [-0.3, -0.25) is 19.2 Å². The normalized spacial score (nSPS) is 33.8. The first-order chi connectivity index (χ1) is 42.9. The number of hydrogen-bond donors (Lipinski definition) is 7. The summed E-state index contributed by atoms with van der Waals surface area (Å²) in [4.78, 5) is 54.6. The molecule has 18 heteroatoms. The van der Waals surface area contributed by atoms with Crippen LogP contribution in [0.25, 0.3) is 0 Å². The van der Waals surface area contributed by atoms with Crippen molar-refractivity contribution in [2.75, 3.05) is 45.0 Å². The Bertz CT molecular complexity index is 3120. The van der Waals surface area contributed by atoms with Crippen molar-refractivity contribution in [3.63, 3.8) is 0 Å². The van der Waals surface area contributed by atoms with Gasteiger partial charge in [0.25, 0.3) is 0 Å². The minimum atomic E-state index is -0.895. The van der Waals surface area contributed by atoms with Crippen LogP contribution in [0.2, 0.25) is 0 Å². The van der Waals surface area contributed by atoms with Crippen LogP contribution < -0.4 is 16.9 Å². The summed E-state index contributed by atoms with van der Waals surface area (Å²) in [6.07, 6.45) is 21.1. The molecule has 10 rings (SSSR count). The summed E-state index contributed by atoms with van der Waals surface area (Å²) in [6.45, 7) is 30.2. The van der Waals surface area contributed by atoms with Crippen molar-refractivity contribution in [1.29, 1.82) is 0 Å². The topological polar surface area (TPSA) is 273 Å². The first kappa shape index (κ1) is 85.6. The minimum absolute atomic E-state index is 0. The van der Waals surface area contributed by atoms with Gasteiger partial charge in [-0.2, -0.15) is 5.10 Å². The van der Waals surface area contributed by atoms with E-state index in [2.05, 4.69) is 124 Å². The number of hydrogen-bond acceptors (Lipinski definition) is 16. The van der Waals surface area contributed by atoms with E-state index in [9.17, 15) is 24.6 Å². The van der Waals surface area contributed by atoms with Crippen molar-refractivity contribution in [3.05, 3.63) is 120 Å². The van der Waals surface area contributed by atoms with Gasteiger partial charge in [0.1, 0.15) is 37.0 Å². The number of aliphatic hydroxyl groups is 2. The predicted octanol–water partition coefficient (Wildman–Crippen LogP) is 16.4. The molecule has 96 heavy (non-hydrogen) atoms. The Labute approximate surface area is 578 Å². The molecule has 540 valence electrons. The number of hydrazone groups is 1. The lowest BCUT2D eigenvalue weighted by Crippen LogP contribution is -2.58. The molecule has 0 unspecified atom stereocenters. The second-order valence-electron chi connectivity index (χ2n) is 28.7. The number of carbonyl (C=O) groups excluding carboxylic acids is 2. The highest BCUT2D eigenvalue weighted by atomic mass is 17.1. The highest BCUT2D eigenvalue weighted by Crippen LogP contribution is 2.73. The monoisotopic (exact) mass is 1340 g/mol. The van der Waals surface area contributed by atoms with Gasteiger partial charge >= 0.3 is 5.97 Å². The fourth-order valence-corrected chi connectivity index (χ4v) is 18.3. The average molecular weight is 1340 g/mol. The summed E-state index contributed by atoms with van der Waals surface area (Å²) in [5.41, 5.74) is 13.7. The number of ketones is 1. The summed E-state index contributed by atoms with van der Waals surface area (Å²) in [7, 11) is 4.01. The summed E-state index contributed by atoms with van der Waals surface area (Å²) in [6, 6.07) is 15.5. The maximum Gasteiger partial charge on any atom is 0.306 e. The van der Waals surface area contributed by atoms with Gasteiger partial charge in [-0.05, 0) is 167 Å². The second kappa shape index (κ2) is 35.4. The summed E-state index contributed by atoms with van der Waals surface area (Å²) < 4.78 is 0. The molecule has 2 aromatic carbocycles. The van der Waals surface area contributed by atoms with Gasteiger partial charge in [-0.15, -0.1) is 0 Å². The zero-order valence-corrected chi connectivity index (χ0v) is 56.8. The Morgan fingerprint density at radius 3 is 1.52 bits per heavy atom. The number of aliphatic carboxylic acids is 1. The number of Topliss-reactive ketones (excluding diaryl/α,β-unsaturated/α-hetero) is 1. The molecule has 0 saturated heterocycles. The van der Waals surface area contributed by atoms with E-state index in [4.69, 9.17) is 30.9 Å². The molecule has 2 aromatic rings. The lowest BCUT2D eigenvalue weighted by Gasteiger charge is -2.60. The van der Waals surface area contributed by atoms with Crippen LogP contribution in [0.4, 0.5) is 11.4 Å². The number of nitrogens with one attached hydrogen (secondary N) is 1. The molecule has 1 amide bonds. The van der Waals surface area contributed by atoms with Gasteiger partial charge < -0.3 is 45.9 Å². The molecule has 18 nitrogen and oxygen atoms in total. The third-order valence-corrected chi connectivity index (χ3v) is 23.5. The smallest absolute Gasteiger partial charge is 0.306 e. The van der Waals surface area contributed by atoms with Crippen LogP contribution in [0.1, 0.15) is 195 Å². The Balaban J connectivity index is 0.000000515. The number of rotatable bonds is 17. The average Bonchev–Trinajstić information content (AvgIpc) is 1.45. The number of nitrogen functional groups attached to an aromatic ring is 1. The van der Waals surface area contributed by atoms with E-state index in [1.807, 2.05) is 101 Å². The van der Waals surface area contributed by atoms with Crippen molar-refractivity contribution < 1.29 is 54.4 Å². The molecule has 0 spiro atoms. The molecule has 9 N–H and O–H groups in total. The van der Waals surface area contributed by atoms with Gasteiger partial charge in [0.2, 0.25) is 5.91 Å². The molecule has 8 aliphatic carbocycles. The Morgan fingerprint density at radius 1 is 0.688 bits per heavy atom. The number of anilines is 2. The standard InChI is InChI=1S/C34H46N2O4.C29H45N3O4.C7H9N.C3H7NO3.5CH4/c1-7-29(38)34(6)22(3)18-27-26-13-10-23-19-25(14-16-32(23,4)31(26)28(37)20-33(27,34)5)36-40-17-15-30(39)35-24-11-8-21(2)9-12-24;1-8-24(30-32(6)7)29(5)18(2)15-22-21-10-9-19-16-20(31-36-14-12-25(34)35)11-13-27(19,3)26(21)23(33)17-28(22,29)4;1-6-2-4-7(8)5-3-6;1-3(7-5)2-6-4;;;;;/h8-9,11-12,14,16,19,22,26-28,31,37H,7,10,13,15,17-18,20H2,1-6H3,(H,35,39);11,13,16,18,21-23,26,33H,8-10,12,14-15,17H2,1-7H3,(H,34,35);2-5H,8H2,1H3;5H,1-2,4H2;5*1H4/b36-25+;30-24-,31-20+;;;;;;;/t22-,26+,27+,28+,31-,32+,33+,34-;18-,21+,22+,23+,26-,27+,28+,29-;;;;;;;/m11......./s1. The van der Waals surface area contributed by atoms with Crippen LogP contribution in [-0.4, -0.2) is 107 Å². The van der Waals surface area contributed by atoms with Gasteiger partial charge in [-0.25, -0.2) is 11.2 Å². The van der Waals surface area contributed by atoms with E-state index in [-0.39, 0.29) is 132 Å². The zero-order chi connectivity index (χ0) is 67.0. The quantitative estimate of drug-likeness (QED) is 0.0194. The molecular weight excluding hydrogens is 1210 g/mol. The number of oxime groups is 2. The molecule has 16 atom stereocenters. The maximum absolute atomic E-state index is 13.3. The summed E-state index contributed by atoms with van der Waals surface area (Å²) in [5, 5.41) is 58.4. The summed E-state index contributed by atoms with van der Waals surface area (Å²) >= 11 is 0. The summed E-state index contributed by atoms with van der Waals surface area (Å²) in [5.74, 6) is 6.94. The van der Waals surface area contributed by atoms with Crippen LogP contribution >= 0.6 is 0 Å². The van der Waals surface area contributed by atoms with Crippen LogP contribution in [0.3, 0.4) is 0 Å². The number of benzene rings is 2. The molecule has 0 radical (unpaired) electrons. The van der Waals surface area contributed by atoms with E-state index in [1.54, 1.807) is 0 Å². The molecular formula is C78H127N7O11. The van der Waals surface area contributed by atoms with Crippen LogP contribution in [0.5, 0.6) is 0 Å². The van der Waals surface area contributed by atoms with Crippen molar-refractivity contribution in [3.8, 4) is 0 Å². The van der Waals surface area contributed by atoms with Crippen molar-refractivity contribution in [2.45, 2.75) is 209 Å². The fraction of sp³-hybridized carbons (Fsp3) is 0.641. The first-order valence-corrected chi connectivity index (χ1v) is 33.0. The first-order valence-electron chi connectivity index (χ1n) is 33.0. The number of fused-ring (bicyclic) bond motifs is 10. The predicted molar refractivity (Wildman–Crippen MR) is 394 cm³/mol. The fourth-order valence-electron chi connectivity index (χ4n) is 18.3. The Kier molecular flexibility index (Phi) is 31.6. The minimum Gasteiger partial charge on any atom is -0.481 e. The molecule has 0 aromatic heterocycles. The van der Waals surface area contributed by atoms with Crippen LogP contribution in [-0.2, 0) is 33.8 Å². The van der Waals surface area contributed by atoms with E-state index in [1.165, 1.54) is 28.8 Å². The third-order valence-electron chi connectivity index (χ3n) is 23.5. The largest absolute Gasteiger partial charge is 0.481 e. The number of allylic oxidation sites excluding steroid dienone is 8. The van der Waals surface area contributed by atoms with Gasteiger partial charge in [-0.1, -0.05) is 182 Å². The van der Waals surface area contributed by atoms with Gasteiger partial charge in [0.05, 0.1) is 25.0 Å². The molecule has 8 aliphatic rings. The number of aliphatic hydroxyl groups excluding tert-OH is 2. The number of aryl methyl sites for hydroxylation is 2. The number of amides is 1. The second-order valence-corrected chi connectivity index (χ2v) is 28.7. The van der Waals surface area contributed by atoms with Crippen molar-refractivity contribution >= 4 is 46.2 Å². The Morgan fingerprint density at radius 2 is 1.12 bits per heavy atom. The molecule has 0 aliphatic heterocycles. The number of carboxylic acid groups (broad SMARTS) is 1. The van der Waals surface area contributed by atoms with Crippen molar-refractivity contribution in [1.82, 2.24) is 5.01 Å². The highest BCUT2D eigenvalue weighted by Gasteiger charge is 2.70. The molecule has 0 bridgehead atoms. The number of nitrogens with two attached hydrogens (primary N) is 2. The molecule has 6 fully saturated rings. The number of carbonyl (C=O) groups is 3. The zero-order valence-electron chi connectivity index (χ0n) is 56.8. The Hall–Kier alpha value is -6.44. The third kappa shape index (κ3) is 17.3. The van der Waals surface area contributed by atoms with E-state index < -0.39 is 12.1 Å². The molecule has 0 heterocycles. The molecule has 6 saturated carbocycles. The highest BCUT2D eigenvalue weighted by molar-refractivity contribution is 6.06. The van der Waals surface area contributed by atoms with Crippen LogP contribution in [0, 0.1) is 93.7 Å². The SMILES string of the molecule is C.C.C.C.C.C=C(CON)OO.CC/C(=N/N(C)C)[C@@]1(C)[C@H](C)C[C@H]2[C@@H]3CCC4=C/C(=N/OCCC(=O)O)C=C[C@]4(C)[C@H]3[C@@H](O)C[C@@]21C.CCC(=O)[C@@]1(C)[C@H](C)C[C@H]2[C@@H]3CCC4=C/C(=N/OCCC(=O)Nc5ccc(C)cc5)C=C[C@]4(C)[C@H]3[C@@H](O)C[C@@]21C.Cc1ccc(N)cc1. The van der Waals surface area contributed by atoms with Gasteiger partial charge in [0.15, 0.2) is 5.76 Å². The maximum atomic E-state index is 13.3. The lowest BCUT2D eigenvalue weighted by atomic mass is 9.44. The van der Waals surface area contributed by atoms with Crippen LogP contribution in [0.15, 0.2) is 124 Å². The number of carboxylic acids is 1. The number of nitrogens with zero attached hydrogens (tertiary/aromatic N) is 4. The van der Waals surface area contributed by atoms with E-state index in [0.717, 1.165) is 73.3 Å². The van der Waals surface area contributed by atoms with E-state index >= 15 is 0 Å². The van der Waals surface area contributed by atoms with E-state index in [0.29, 0.717) is 54.1 Å². The van der Waals surface area contributed by atoms with Crippen molar-refractivity contribution in [2.24, 2.45) is 101 Å². The van der Waals surface area contributed by atoms with Gasteiger partial charge in [0, 0.05) is 71.1 Å².